The lowest BCUT2D eigenvalue weighted by atomic mass is 9.94. The van der Waals surface area contributed by atoms with Gasteiger partial charge in [-0.3, -0.25) is 14.6 Å². The van der Waals surface area contributed by atoms with Gasteiger partial charge in [0.25, 0.3) is 11.7 Å². The molecule has 1 amide bonds. The number of carbonyl (C=O) groups excluding carboxylic acids is 2. The largest absolute Gasteiger partial charge is 0.507 e. The summed E-state index contributed by atoms with van der Waals surface area (Å²) in [5.74, 6) is -0.919. The van der Waals surface area contributed by atoms with Crippen LogP contribution in [0.2, 0.25) is 5.02 Å². The maximum atomic E-state index is 13.2. The topological polar surface area (TPSA) is 79.7 Å². The van der Waals surface area contributed by atoms with Crippen LogP contribution in [0.3, 0.4) is 0 Å². The van der Waals surface area contributed by atoms with Crippen molar-refractivity contribution in [3.8, 4) is 5.75 Å². The summed E-state index contributed by atoms with van der Waals surface area (Å²) < 4.78 is 5.72. The van der Waals surface area contributed by atoms with Crippen molar-refractivity contribution in [1.82, 2.24) is 9.88 Å². The van der Waals surface area contributed by atoms with E-state index in [9.17, 15) is 14.7 Å². The Morgan fingerprint density at radius 3 is 2.56 bits per heavy atom. The molecule has 174 valence electrons. The second kappa shape index (κ2) is 10.1. The standard InChI is InChI=1S/C27H25ClN2O4/c1-3-13-34-22-11-8-20(14-17(22)2)25(31)23-24(19-6-9-21(28)10-7-19)30(27(33)26(23)32)16-18-5-4-12-29-15-18/h4-12,14-15,24,31H,3,13,16H2,1-2H3. The third-order valence-corrected chi connectivity index (χ3v) is 5.96. The van der Waals surface area contributed by atoms with E-state index in [2.05, 4.69) is 4.98 Å². The van der Waals surface area contributed by atoms with Gasteiger partial charge in [-0.1, -0.05) is 36.7 Å². The van der Waals surface area contributed by atoms with Gasteiger partial charge in [0, 0.05) is 29.5 Å². The summed E-state index contributed by atoms with van der Waals surface area (Å²) in [6, 6.07) is 15.0. The van der Waals surface area contributed by atoms with Crippen molar-refractivity contribution in [3.05, 3.63) is 99.8 Å². The first-order chi connectivity index (χ1) is 16.4. The van der Waals surface area contributed by atoms with Crippen LogP contribution >= 0.6 is 11.6 Å². The molecule has 3 aromatic rings. The molecule has 1 aliphatic rings. The molecular weight excluding hydrogens is 452 g/mol. The molecule has 1 aliphatic heterocycles. The van der Waals surface area contributed by atoms with Gasteiger partial charge in [0.2, 0.25) is 0 Å². The average molecular weight is 477 g/mol. The van der Waals surface area contributed by atoms with E-state index in [4.69, 9.17) is 16.3 Å². The summed E-state index contributed by atoms with van der Waals surface area (Å²) in [4.78, 5) is 31.9. The number of likely N-dealkylation sites (tertiary alicyclic amines) is 1. The fraction of sp³-hybridized carbons (Fsp3) is 0.222. The average Bonchev–Trinajstić information content (AvgIpc) is 3.09. The van der Waals surface area contributed by atoms with Gasteiger partial charge in [-0.25, -0.2) is 0 Å². The van der Waals surface area contributed by atoms with E-state index in [0.717, 1.165) is 17.5 Å². The number of aliphatic hydroxyl groups excluding tert-OH is 1. The fourth-order valence-corrected chi connectivity index (χ4v) is 4.18. The van der Waals surface area contributed by atoms with E-state index in [0.29, 0.717) is 28.5 Å². The van der Waals surface area contributed by atoms with Gasteiger partial charge >= 0.3 is 0 Å². The first kappa shape index (κ1) is 23.5. The molecule has 6 nitrogen and oxygen atoms in total. The van der Waals surface area contributed by atoms with Gasteiger partial charge in [-0.15, -0.1) is 0 Å². The zero-order chi connectivity index (χ0) is 24.2. The molecule has 7 heteroatoms. The van der Waals surface area contributed by atoms with Crippen LogP contribution in [-0.2, 0) is 16.1 Å². The molecule has 1 saturated heterocycles. The summed E-state index contributed by atoms with van der Waals surface area (Å²) in [5.41, 5.74) is 2.76. The number of halogens is 1. The van der Waals surface area contributed by atoms with Crippen molar-refractivity contribution in [2.45, 2.75) is 32.9 Å². The Morgan fingerprint density at radius 2 is 1.91 bits per heavy atom. The molecule has 1 aromatic heterocycles. The lowest BCUT2D eigenvalue weighted by Gasteiger charge is -2.25. The lowest BCUT2D eigenvalue weighted by molar-refractivity contribution is -0.140. The van der Waals surface area contributed by atoms with Crippen LogP contribution in [0.1, 0.15) is 41.6 Å². The summed E-state index contributed by atoms with van der Waals surface area (Å²) in [7, 11) is 0. The van der Waals surface area contributed by atoms with Crippen LogP contribution < -0.4 is 4.74 Å². The zero-order valence-electron chi connectivity index (χ0n) is 19.0. The molecule has 1 unspecified atom stereocenters. The number of hydrogen-bond donors (Lipinski definition) is 1. The van der Waals surface area contributed by atoms with Gasteiger partial charge in [0.15, 0.2) is 0 Å². The van der Waals surface area contributed by atoms with E-state index in [1.165, 1.54) is 4.90 Å². The van der Waals surface area contributed by atoms with Crippen LogP contribution in [-0.4, -0.2) is 33.3 Å². The number of rotatable bonds is 7. The van der Waals surface area contributed by atoms with Gasteiger partial charge in [0.05, 0.1) is 18.2 Å². The first-order valence-corrected chi connectivity index (χ1v) is 11.4. The number of amides is 1. The van der Waals surface area contributed by atoms with Crippen LogP contribution in [0, 0.1) is 6.92 Å². The second-order valence-corrected chi connectivity index (χ2v) is 8.60. The van der Waals surface area contributed by atoms with Crippen LogP contribution in [0.5, 0.6) is 5.75 Å². The molecule has 2 heterocycles. The van der Waals surface area contributed by atoms with E-state index >= 15 is 0 Å². The van der Waals surface area contributed by atoms with Crippen molar-refractivity contribution in [2.24, 2.45) is 0 Å². The van der Waals surface area contributed by atoms with E-state index in [1.807, 2.05) is 19.9 Å². The van der Waals surface area contributed by atoms with E-state index in [1.54, 1.807) is 60.9 Å². The molecule has 0 radical (unpaired) electrons. The van der Waals surface area contributed by atoms with E-state index < -0.39 is 17.7 Å². The van der Waals surface area contributed by atoms with E-state index in [-0.39, 0.29) is 17.9 Å². The summed E-state index contributed by atoms with van der Waals surface area (Å²) in [5, 5.41) is 11.8. The van der Waals surface area contributed by atoms with Crippen LogP contribution in [0.15, 0.2) is 72.6 Å². The minimum absolute atomic E-state index is 0.0397. The number of ketones is 1. The highest BCUT2D eigenvalue weighted by molar-refractivity contribution is 6.46. The maximum absolute atomic E-state index is 13.2. The van der Waals surface area contributed by atoms with Gasteiger partial charge in [-0.05, 0) is 66.4 Å². The third kappa shape index (κ3) is 4.68. The van der Waals surface area contributed by atoms with Crippen molar-refractivity contribution in [2.75, 3.05) is 6.61 Å². The number of carbonyl (C=O) groups is 2. The van der Waals surface area contributed by atoms with Gasteiger partial charge in [-0.2, -0.15) is 0 Å². The highest BCUT2D eigenvalue weighted by Crippen LogP contribution is 2.41. The number of pyridine rings is 1. The molecule has 1 atom stereocenters. The fourth-order valence-electron chi connectivity index (χ4n) is 4.05. The van der Waals surface area contributed by atoms with Crippen molar-refractivity contribution >= 4 is 29.1 Å². The highest BCUT2D eigenvalue weighted by Gasteiger charge is 2.46. The lowest BCUT2D eigenvalue weighted by Crippen LogP contribution is -2.29. The van der Waals surface area contributed by atoms with Crippen molar-refractivity contribution < 1.29 is 19.4 Å². The number of benzene rings is 2. The summed E-state index contributed by atoms with van der Waals surface area (Å²) in [6.45, 7) is 4.66. The number of Topliss-reactive ketones (excluding diaryl/α,β-unsaturated/α-hetero) is 1. The van der Waals surface area contributed by atoms with Crippen molar-refractivity contribution in [1.29, 1.82) is 0 Å². The van der Waals surface area contributed by atoms with Gasteiger partial charge in [0.1, 0.15) is 11.5 Å². The number of aromatic nitrogens is 1. The number of aryl methyl sites for hydroxylation is 1. The normalized spacial score (nSPS) is 17.3. The molecule has 34 heavy (non-hydrogen) atoms. The molecule has 1 N–H and O–H groups in total. The molecule has 2 aromatic carbocycles. The number of aliphatic hydroxyl groups is 1. The molecule has 4 rings (SSSR count). The number of hydrogen-bond acceptors (Lipinski definition) is 5. The Hall–Kier alpha value is -3.64. The predicted molar refractivity (Wildman–Crippen MR) is 131 cm³/mol. The van der Waals surface area contributed by atoms with Crippen LogP contribution in [0.4, 0.5) is 0 Å². The Kier molecular flexibility index (Phi) is 6.98. The van der Waals surface area contributed by atoms with Gasteiger partial charge < -0.3 is 14.7 Å². The monoisotopic (exact) mass is 476 g/mol. The second-order valence-electron chi connectivity index (χ2n) is 8.17. The minimum atomic E-state index is -0.770. The van der Waals surface area contributed by atoms with Crippen molar-refractivity contribution in [3.63, 3.8) is 0 Å². The zero-order valence-corrected chi connectivity index (χ0v) is 19.7. The minimum Gasteiger partial charge on any atom is -0.507 e. The third-order valence-electron chi connectivity index (χ3n) is 5.71. The smallest absolute Gasteiger partial charge is 0.295 e. The molecule has 1 fully saturated rings. The first-order valence-electron chi connectivity index (χ1n) is 11.1. The Labute approximate surface area is 203 Å². The maximum Gasteiger partial charge on any atom is 0.295 e. The summed E-state index contributed by atoms with van der Waals surface area (Å²) >= 11 is 6.08. The Bertz CT molecular complexity index is 1240. The quantitative estimate of drug-likeness (QED) is 0.278. The predicted octanol–water partition coefficient (Wildman–Crippen LogP) is 5.45. The number of nitrogens with zero attached hydrogens (tertiary/aromatic N) is 2. The molecule has 0 saturated carbocycles. The van der Waals surface area contributed by atoms with Crippen LogP contribution in [0.25, 0.3) is 5.76 Å². The molecule has 0 bridgehead atoms. The summed E-state index contributed by atoms with van der Waals surface area (Å²) in [6.07, 6.45) is 4.17. The Morgan fingerprint density at radius 1 is 1.15 bits per heavy atom. The highest BCUT2D eigenvalue weighted by atomic mass is 35.5. The molecule has 0 spiro atoms. The number of ether oxygens (including phenoxy) is 1. The SMILES string of the molecule is CCCOc1ccc(C(O)=C2C(=O)C(=O)N(Cc3cccnc3)C2c2ccc(Cl)cc2)cc1C. The Balaban J connectivity index is 1.81. The molecule has 0 aliphatic carbocycles. The molecular formula is C27H25ClN2O4.